The van der Waals surface area contributed by atoms with Gasteiger partial charge in [0.2, 0.25) is 5.91 Å². The second-order valence-corrected chi connectivity index (χ2v) is 5.14. The van der Waals surface area contributed by atoms with E-state index in [1.54, 1.807) is 0 Å². The molecule has 0 saturated heterocycles. The molecule has 0 aliphatic carbocycles. The van der Waals surface area contributed by atoms with E-state index in [0.717, 1.165) is 25.2 Å². The van der Waals surface area contributed by atoms with E-state index in [1.807, 2.05) is 24.9 Å². The van der Waals surface area contributed by atoms with Crippen LogP contribution >= 0.6 is 0 Å². The lowest BCUT2D eigenvalue weighted by Gasteiger charge is -2.07. The zero-order chi connectivity index (χ0) is 14.3. The SMILES string of the molecule is CCCNC(=O)CCNCc1cn(C)nc1C(C)C. The van der Waals surface area contributed by atoms with Crippen molar-refractivity contribution in [2.45, 2.75) is 46.1 Å². The van der Waals surface area contributed by atoms with Gasteiger partial charge in [0.1, 0.15) is 0 Å². The summed E-state index contributed by atoms with van der Waals surface area (Å²) in [5, 5.41) is 10.6. The number of nitrogens with one attached hydrogen (secondary N) is 2. The van der Waals surface area contributed by atoms with Crippen molar-refractivity contribution in [3.05, 3.63) is 17.5 Å². The van der Waals surface area contributed by atoms with E-state index in [2.05, 4.69) is 29.6 Å². The normalized spacial score (nSPS) is 11.0. The summed E-state index contributed by atoms with van der Waals surface area (Å²) in [7, 11) is 1.94. The lowest BCUT2D eigenvalue weighted by molar-refractivity contribution is -0.120. The maximum atomic E-state index is 11.4. The van der Waals surface area contributed by atoms with Gasteiger partial charge in [-0.3, -0.25) is 9.48 Å². The third-order valence-electron chi connectivity index (χ3n) is 2.90. The van der Waals surface area contributed by atoms with Crippen LogP contribution in [0.15, 0.2) is 6.20 Å². The third kappa shape index (κ3) is 5.42. The minimum Gasteiger partial charge on any atom is -0.356 e. The average Bonchev–Trinajstić information content (AvgIpc) is 2.73. The molecular formula is C14H26N4O. The van der Waals surface area contributed by atoms with Crippen LogP contribution in [0.25, 0.3) is 0 Å². The number of nitrogens with zero attached hydrogens (tertiary/aromatic N) is 2. The first-order valence-corrected chi connectivity index (χ1v) is 7.04. The molecule has 1 aromatic rings. The Morgan fingerprint density at radius 1 is 1.42 bits per heavy atom. The van der Waals surface area contributed by atoms with E-state index in [9.17, 15) is 4.79 Å². The third-order valence-corrected chi connectivity index (χ3v) is 2.90. The molecule has 5 heteroatoms. The molecule has 0 radical (unpaired) electrons. The van der Waals surface area contributed by atoms with Crippen molar-refractivity contribution in [2.75, 3.05) is 13.1 Å². The topological polar surface area (TPSA) is 59.0 Å². The van der Waals surface area contributed by atoms with Gasteiger partial charge in [0.15, 0.2) is 0 Å². The van der Waals surface area contributed by atoms with Gasteiger partial charge in [-0.15, -0.1) is 0 Å². The number of hydrogen-bond donors (Lipinski definition) is 2. The number of aryl methyl sites for hydroxylation is 1. The van der Waals surface area contributed by atoms with E-state index in [-0.39, 0.29) is 5.91 Å². The standard InChI is InChI=1S/C14H26N4O/c1-5-7-16-13(19)6-8-15-9-12-10-18(4)17-14(12)11(2)3/h10-11,15H,5-9H2,1-4H3,(H,16,19). The zero-order valence-electron chi connectivity index (χ0n) is 12.5. The van der Waals surface area contributed by atoms with Gasteiger partial charge >= 0.3 is 0 Å². The molecular weight excluding hydrogens is 240 g/mol. The molecule has 0 aromatic carbocycles. The Balaban J connectivity index is 2.31. The van der Waals surface area contributed by atoms with Crippen molar-refractivity contribution >= 4 is 5.91 Å². The second-order valence-electron chi connectivity index (χ2n) is 5.14. The van der Waals surface area contributed by atoms with E-state index in [1.165, 1.54) is 5.56 Å². The Morgan fingerprint density at radius 2 is 2.16 bits per heavy atom. The van der Waals surface area contributed by atoms with Gasteiger partial charge in [-0.2, -0.15) is 5.10 Å². The molecule has 0 unspecified atom stereocenters. The van der Waals surface area contributed by atoms with Gasteiger partial charge in [0, 0.05) is 44.9 Å². The summed E-state index contributed by atoms with van der Waals surface area (Å²) in [6.07, 6.45) is 3.55. The van der Waals surface area contributed by atoms with Crippen molar-refractivity contribution in [1.82, 2.24) is 20.4 Å². The maximum Gasteiger partial charge on any atom is 0.221 e. The molecule has 0 spiro atoms. The molecule has 19 heavy (non-hydrogen) atoms. The lowest BCUT2D eigenvalue weighted by atomic mass is 10.1. The fourth-order valence-electron chi connectivity index (χ4n) is 1.95. The number of rotatable bonds is 8. The van der Waals surface area contributed by atoms with Crippen LogP contribution in [0.3, 0.4) is 0 Å². The molecule has 0 aliphatic rings. The van der Waals surface area contributed by atoms with Crippen LogP contribution in [0.4, 0.5) is 0 Å². The van der Waals surface area contributed by atoms with Gasteiger partial charge in [-0.1, -0.05) is 20.8 Å². The van der Waals surface area contributed by atoms with Gasteiger partial charge in [-0.25, -0.2) is 0 Å². The first-order chi connectivity index (χ1) is 9.04. The summed E-state index contributed by atoms with van der Waals surface area (Å²) in [5.74, 6) is 0.537. The van der Waals surface area contributed by atoms with E-state index >= 15 is 0 Å². The Hall–Kier alpha value is -1.36. The Bertz CT molecular complexity index is 398. The molecule has 0 atom stereocenters. The number of aromatic nitrogens is 2. The second kappa shape index (κ2) is 7.94. The molecule has 1 rings (SSSR count). The summed E-state index contributed by atoms with van der Waals surface area (Å²) >= 11 is 0. The monoisotopic (exact) mass is 266 g/mol. The highest BCUT2D eigenvalue weighted by molar-refractivity contribution is 5.75. The highest BCUT2D eigenvalue weighted by atomic mass is 16.1. The van der Waals surface area contributed by atoms with Crippen molar-refractivity contribution < 1.29 is 4.79 Å². The van der Waals surface area contributed by atoms with E-state index < -0.39 is 0 Å². The Kier molecular flexibility index (Phi) is 6.56. The zero-order valence-corrected chi connectivity index (χ0v) is 12.5. The van der Waals surface area contributed by atoms with Gasteiger partial charge in [-0.05, 0) is 12.3 Å². The van der Waals surface area contributed by atoms with Gasteiger partial charge in [0.05, 0.1) is 5.69 Å². The van der Waals surface area contributed by atoms with Crippen LogP contribution in [-0.2, 0) is 18.4 Å². The smallest absolute Gasteiger partial charge is 0.221 e. The number of carbonyl (C=O) groups is 1. The Labute approximate surface area is 115 Å². The van der Waals surface area contributed by atoms with Crippen LogP contribution in [0, 0.1) is 0 Å². The summed E-state index contributed by atoms with van der Waals surface area (Å²) in [6.45, 7) is 8.56. The molecule has 1 amide bonds. The van der Waals surface area contributed by atoms with Crippen LogP contribution in [0.1, 0.15) is 50.8 Å². The molecule has 108 valence electrons. The summed E-state index contributed by atoms with van der Waals surface area (Å²) in [5.41, 5.74) is 2.34. The van der Waals surface area contributed by atoms with Crippen molar-refractivity contribution in [1.29, 1.82) is 0 Å². The average molecular weight is 266 g/mol. The molecule has 1 aromatic heterocycles. The molecule has 0 fully saturated rings. The fourth-order valence-corrected chi connectivity index (χ4v) is 1.95. The molecule has 5 nitrogen and oxygen atoms in total. The van der Waals surface area contributed by atoms with E-state index in [0.29, 0.717) is 18.9 Å². The maximum absolute atomic E-state index is 11.4. The summed E-state index contributed by atoms with van der Waals surface area (Å²) in [4.78, 5) is 11.4. The van der Waals surface area contributed by atoms with Crippen LogP contribution in [0.2, 0.25) is 0 Å². The van der Waals surface area contributed by atoms with Crippen molar-refractivity contribution in [2.24, 2.45) is 7.05 Å². The summed E-state index contributed by atoms with van der Waals surface area (Å²) < 4.78 is 1.85. The first-order valence-electron chi connectivity index (χ1n) is 7.04. The predicted octanol–water partition coefficient (Wildman–Crippen LogP) is 1.55. The number of hydrogen-bond acceptors (Lipinski definition) is 3. The molecule has 0 saturated carbocycles. The molecule has 0 aliphatic heterocycles. The Morgan fingerprint density at radius 3 is 2.79 bits per heavy atom. The fraction of sp³-hybridized carbons (Fsp3) is 0.714. The quantitative estimate of drug-likeness (QED) is 0.702. The van der Waals surface area contributed by atoms with E-state index in [4.69, 9.17) is 0 Å². The largest absolute Gasteiger partial charge is 0.356 e. The first kappa shape index (κ1) is 15.7. The lowest BCUT2D eigenvalue weighted by Crippen LogP contribution is -2.28. The number of carbonyl (C=O) groups excluding carboxylic acids is 1. The predicted molar refractivity (Wildman–Crippen MR) is 76.9 cm³/mol. The van der Waals surface area contributed by atoms with Crippen molar-refractivity contribution in [3.8, 4) is 0 Å². The molecule has 0 bridgehead atoms. The van der Waals surface area contributed by atoms with Gasteiger partial charge in [0.25, 0.3) is 0 Å². The van der Waals surface area contributed by atoms with Crippen LogP contribution < -0.4 is 10.6 Å². The number of amides is 1. The summed E-state index contributed by atoms with van der Waals surface area (Å²) in [6, 6.07) is 0. The minimum atomic E-state index is 0.115. The minimum absolute atomic E-state index is 0.115. The van der Waals surface area contributed by atoms with Crippen LogP contribution in [-0.4, -0.2) is 28.8 Å². The molecule has 1 heterocycles. The molecule has 2 N–H and O–H groups in total. The highest BCUT2D eigenvalue weighted by Gasteiger charge is 2.10. The van der Waals surface area contributed by atoms with Crippen molar-refractivity contribution in [3.63, 3.8) is 0 Å². The van der Waals surface area contributed by atoms with Crippen LogP contribution in [0.5, 0.6) is 0 Å². The highest BCUT2D eigenvalue weighted by Crippen LogP contribution is 2.16. The van der Waals surface area contributed by atoms with Gasteiger partial charge < -0.3 is 10.6 Å².